The van der Waals surface area contributed by atoms with E-state index in [1.807, 2.05) is 48.5 Å². The summed E-state index contributed by atoms with van der Waals surface area (Å²) < 4.78 is 6.97. The topological polar surface area (TPSA) is 69.0 Å². The molecule has 0 unspecified atom stereocenters. The molecule has 0 spiro atoms. The van der Waals surface area contributed by atoms with Gasteiger partial charge in [-0.25, -0.2) is 4.68 Å². The van der Waals surface area contributed by atoms with Crippen molar-refractivity contribution in [3.8, 4) is 11.4 Å². The van der Waals surface area contributed by atoms with Crippen molar-refractivity contribution in [1.29, 1.82) is 0 Å². The van der Waals surface area contributed by atoms with Gasteiger partial charge in [-0.3, -0.25) is 4.79 Å². The number of methoxy groups -OCH3 is 1. The lowest BCUT2D eigenvalue weighted by Gasteiger charge is -2.08. The molecule has 1 aliphatic carbocycles. The molecule has 0 aliphatic heterocycles. The summed E-state index contributed by atoms with van der Waals surface area (Å²) in [6.07, 6.45) is 2.11. The number of para-hydroxylation sites is 1. The van der Waals surface area contributed by atoms with Crippen LogP contribution in [-0.2, 0) is 0 Å². The molecule has 25 heavy (non-hydrogen) atoms. The number of hydrogen-bond donors (Lipinski definition) is 1. The molecule has 1 N–H and O–H groups in total. The zero-order valence-electron chi connectivity index (χ0n) is 13.8. The molecule has 1 saturated carbocycles. The Hall–Kier alpha value is -3.15. The number of carbonyl (C=O) groups excluding carboxylic acids is 1. The van der Waals surface area contributed by atoms with Gasteiger partial charge in [-0.1, -0.05) is 29.5 Å². The summed E-state index contributed by atoms with van der Waals surface area (Å²) in [4.78, 5) is 12.7. The monoisotopic (exact) mass is 334 g/mol. The lowest BCUT2D eigenvalue weighted by molar-refractivity contribution is 0.102. The third-order valence-electron chi connectivity index (χ3n) is 4.21. The Labute approximate surface area is 145 Å². The molecule has 1 aromatic heterocycles. The van der Waals surface area contributed by atoms with Crippen LogP contribution in [0.1, 0.15) is 34.9 Å². The van der Waals surface area contributed by atoms with E-state index in [9.17, 15) is 4.79 Å². The van der Waals surface area contributed by atoms with Crippen LogP contribution in [0.5, 0.6) is 5.75 Å². The van der Waals surface area contributed by atoms with Gasteiger partial charge in [0.05, 0.1) is 18.5 Å². The Morgan fingerprint density at radius 3 is 2.68 bits per heavy atom. The number of hydrogen-bond acceptors (Lipinski definition) is 4. The Morgan fingerprint density at radius 2 is 1.96 bits per heavy atom. The minimum atomic E-state index is -0.252. The highest BCUT2D eigenvalue weighted by molar-refractivity contribution is 6.03. The second kappa shape index (κ2) is 6.39. The van der Waals surface area contributed by atoms with E-state index in [1.54, 1.807) is 17.9 Å². The minimum absolute atomic E-state index is 0.252. The molecule has 1 amide bonds. The van der Waals surface area contributed by atoms with Crippen LogP contribution in [0, 0.1) is 0 Å². The zero-order valence-corrected chi connectivity index (χ0v) is 13.8. The third kappa shape index (κ3) is 3.10. The fourth-order valence-corrected chi connectivity index (χ4v) is 2.82. The molecular weight excluding hydrogens is 316 g/mol. The first-order chi connectivity index (χ1) is 12.3. The van der Waals surface area contributed by atoms with E-state index in [1.165, 1.54) is 0 Å². The highest BCUT2D eigenvalue weighted by atomic mass is 16.5. The minimum Gasteiger partial charge on any atom is -0.497 e. The van der Waals surface area contributed by atoms with Crippen LogP contribution in [0.25, 0.3) is 5.69 Å². The fraction of sp³-hybridized carbons (Fsp3) is 0.211. The van der Waals surface area contributed by atoms with E-state index < -0.39 is 0 Å². The van der Waals surface area contributed by atoms with Crippen LogP contribution in [0.3, 0.4) is 0 Å². The molecular formula is C19H18N4O2. The van der Waals surface area contributed by atoms with Gasteiger partial charge < -0.3 is 10.1 Å². The van der Waals surface area contributed by atoms with Crippen molar-refractivity contribution in [3.05, 3.63) is 66.0 Å². The Bertz CT molecular complexity index is 901. The summed E-state index contributed by atoms with van der Waals surface area (Å²) in [5, 5.41) is 11.3. The number of nitrogens with one attached hydrogen (secondary N) is 1. The van der Waals surface area contributed by atoms with Crippen LogP contribution in [0.4, 0.5) is 5.69 Å². The van der Waals surface area contributed by atoms with E-state index in [-0.39, 0.29) is 5.91 Å². The van der Waals surface area contributed by atoms with Gasteiger partial charge in [0, 0.05) is 17.7 Å². The maximum Gasteiger partial charge on any atom is 0.278 e. The summed E-state index contributed by atoms with van der Waals surface area (Å²) >= 11 is 0. The third-order valence-corrected chi connectivity index (χ3v) is 4.21. The lowest BCUT2D eigenvalue weighted by atomic mass is 10.2. The average Bonchev–Trinajstić information content (AvgIpc) is 3.40. The lowest BCUT2D eigenvalue weighted by Crippen LogP contribution is -2.15. The average molecular weight is 334 g/mol. The number of carbonyl (C=O) groups is 1. The normalized spacial score (nSPS) is 13.5. The SMILES string of the molecule is COc1cccc(NC(=O)c2nnn(-c3ccccc3)c2C2CC2)c1. The molecule has 1 heterocycles. The van der Waals surface area contributed by atoms with Gasteiger partial charge in [0.25, 0.3) is 5.91 Å². The van der Waals surface area contributed by atoms with Gasteiger partial charge >= 0.3 is 0 Å². The zero-order chi connectivity index (χ0) is 17.2. The molecule has 2 aromatic carbocycles. The Balaban J connectivity index is 1.66. The largest absolute Gasteiger partial charge is 0.497 e. The number of anilines is 1. The number of ether oxygens (including phenoxy) is 1. The molecule has 3 aromatic rings. The van der Waals surface area contributed by atoms with Gasteiger partial charge in [-0.05, 0) is 37.1 Å². The first-order valence-corrected chi connectivity index (χ1v) is 8.22. The second-order valence-corrected chi connectivity index (χ2v) is 6.03. The molecule has 0 atom stereocenters. The number of benzene rings is 2. The molecule has 6 heteroatoms. The number of aromatic nitrogens is 3. The first-order valence-electron chi connectivity index (χ1n) is 8.22. The van der Waals surface area contributed by atoms with Gasteiger partial charge in [-0.15, -0.1) is 5.10 Å². The maximum atomic E-state index is 12.7. The van der Waals surface area contributed by atoms with Gasteiger partial charge in [0.2, 0.25) is 0 Å². The Morgan fingerprint density at radius 1 is 1.16 bits per heavy atom. The van der Waals surface area contributed by atoms with Crippen LogP contribution < -0.4 is 10.1 Å². The van der Waals surface area contributed by atoms with Crippen molar-refractivity contribution >= 4 is 11.6 Å². The molecule has 1 aliphatic rings. The van der Waals surface area contributed by atoms with E-state index in [0.29, 0.717) is 23.0 Å². The number of rotatable bonds is 5. The quantitative estimate of drug-likeness (QED) is 0.776. The molecule has 0 bridgehead atoms. The van der Waals surface area contributed by atoms with Crippen molar-refractivity contribution < 1.29 is 9.53 Å². The smallest absolute Gasteiger partial charge is 0.278 e. The Kier molecular flexibility index (Phi) is 3.93. The fourth-order valence-electron chi connectivity index (χ4n) is 2.82. The van der Waals surface area contributed by atoms with Crippen molar-refractivity contribution in [1.82, 2.24) is 15.0 Å². The van der Waals surface area contributed by atoms with E-state index in [0.717, 1.165) is 24.2 Å². The molecule has 126 valence electrons. The second-order valence-electron chi connectivity index (χ2n) is 6.03. The van der Waals surface area contributed by atoms with Crippen LogP contribution >= 0.6 is 0 Å². The van der Waals surface area contributed by atoms with Crippen LogP contribution in [0.15, 0.2) is 54.6 Å². The molecule has 0 saturated heterocycles. The highest BCUT2D eigenvalue weighted by Gasteiger charge is 2.34. The van der Waals surface area contributed by atoms with Gasteiger partial charge in [0.1, 0.15) is 5.75 Å². The standard InChI is InChI=1S/C19H18N4O2/c1-25-16-9-5-6-14(12-16)20-19(24)17-18(13-10-11-13)23(22-21-17)15-7-3-2-4-8-15/h2-9,12-13H,10-11H2,1H3,(H,20,24). The van der Waals surface area contributed by atoms with E-state index in [4.69, 9.17) is 4.74 Å². The number of amides is 1. The van der Waals surface area contributed by atoms with Gasteiger partial charge in [0.15, 0.2) is 5.69 Å². The molecule has 1 fully saturated rings. The summed E-state index contributed by atoms with van der Waals surface area (Å²) in [5.74, 6) is 0.770. The first kappa shape index (κ1) is 15.4. The summed E-state index contributed by atoms with van der Waals surface area (Å²) in [5.41, 5.74) is 2.85. The number of nitrogens with zero attached hydrogens (tertiary/aromatic N) is 3. The summed E-state index contributed by atoms with van der Waals surface area (Å²) in [6.45, 7) is 0. The van der Waals surface area contributed by atoms with E-state index in [2.05, 4.69) is 15.6 Å². The van der Waals surface area contributed by atoms with Crippen molar-refractivity contribution in [2.45, 2.75) is 18.8 Å². The van der Waals surface area contributed by atoms with Crippen molar-refractivity contribution in [2.24, 2.45) is 0 Å². The van der Waals surface area contributed by atoms with Crippen molar-refractivity contribution in [3.63, 3.8) is 0 Å². The highest BCUT2D eigenvalue weighted by Crippen LogP contribution is 2.42. The summed E-state index contributed by atoms with van der Waals surface area (Å²) in [6, 6.07) is 17.0. The van der Waals surface area contributed by atoms with Crippen molar-refractivity contribution in [2.75, 3.05) is 12.4 Å². The molecule has 6 nitrogen and oxygen atoms in total. The van der Waals surface area contributed by atoms with Crippen LogP contribution in [0.2, 0.25) is 0 Å². The van der Waals surface area contributed by atoms with Gasteiger partial charge in [-0.2, -0.15) is 0 Å². The molecule has 4 rings (SSSR count). The van der Waals surface area contributed by atoms with E-state index >= 15 is 0 Å². The summed E-state index contributed by atoms with van der Waals surface area (Å²) in [7, 11) is 1.59. The van der Waals surface area contributed by atoms with Crippen LogP contribution in [-0.4, -0.2) is 28.0 Å². The molecule has 0 radical (unpaired) electrons. The predicted octanol–water partition coefficient (Wildman–Crippen LogP) is 3.41. The maximum absolute atomic E-state index is 12.7. The predicted molar refractivity (Wildman–Crippen MR) is 94.3 cm³/mol.